The van der Waals surface area contributed by atoms with Crippen LogP contribution in [0, 0.1) is 19.8 Å². The van der Waals surface area contributed by atoms with Gasteiger partial charge in [0.2, 0.25) is 10.0 Å². The fourth-order valence-corrected chi connectivity index (χ4v) is 3.79. The van der Waals surface area contributed by atoms with Crippen molar-refractivity contribution in [1.29, 1.82) is 0 Å². The number of guanidine groups is 1. The number of hydrogen-bond donors (Lipinski definition) is 3. The number of hydrogen-bond acceptors (Lipinski definition) is 4. The number of halogens is 1. The Bertz CT molecular complexity index is 713. The highest BCUT2D eigenvalue weighted by Gasteiger charge is 2.20. The molecule has 0 radical (unpaired) electrons. The van der Waals surface area contributed by atoms with E-state index >= 15 is 0 Å². The lowest BCUT2D eigenvalue weighted by Gasteiger charge is -2.25. The van der Waals surface area contributed by atoms with E-state index in [1.165, 1.54) is 6.42 Å². The van der Waals surface area contributed by atoms with E-state index in [1.807, 2.05) is 25.6 Å². The molecular weight excluding hydrogens is 467 g/mol. The molecule has 2 rings (SSSR count). The average molecular weight is 498 g/mol. The molecule has 3 N–H and O–H groups in total. The summed E-state index contributed by atoms with van der Waals surface area (Å²) in [6, 6.07) is 0. The summed E-state index contributed by atoms with van der Waals surface area (Å²) in [4.78, 5) is 4.14. The minimum absolute atomic E-state index is 0. The highest BCUT2D eigenvalue weighted by molar-refractivity contribution is 14.0. The van der Waals surface area contributed by atoms with Crippen LogP contribution in [0.4, 0.5) is 0 Å². The summed E-state index contributed by atoms with van der Waals surface area (Å²) in [6.07, 6.45) is 3.47. The first-order valence-electron chi connectivity index (χ1n) is 8.73. The topological polar surface area (TPSA) is 100 Å². The first kappa shape index (κ1) is 23.2. The molecule has 26 heavy (non-hydrogen) atoms. The van der Waals surface area contributed by atoms with Crippen molar-refractivity contribution in [2.45, 2.75) is 39.7 Å². The van der Waals surface area contributed by atoms with Crippen LogP contribution in [0.15, 0.2) is 4.99 Å². The fourth-order valence-electron chi connectivity index (χ4n) is 2.78. The van der Waals surface area contributed by atoms with Gasteiger partial charge in [0.25, 0.3) is 0 Å². The second-order valence-electron chi connectivity index (χ2n) is 6.59. The average Bonchev–Trinajstić information content (AvgIpc) is 2.74. The second-order valence-corrected chi connectivity index (χ2v) is 8.52. The molecule has 1 aliphatic carbocycles. The van der Waals surface area contributed by atoms with Gasteiger partial charge in [0, 0.05) is 45.0 Å². The normalized spacial score (nSPS) is 15.3. The largest absolute Gasteiger partial charge is 0.355 e. The molecule has 0 spiro atoms. The van der Waals surface area contributed by atoms with E-state index < -0.39 is 10.0 Å². The highest BCUT2D eigenvalue weighted by atomic mass is 127. The van der Waals surface area contributed by atoms with Crippen molar-refractivity contribution in [1.82, 2.24) is 25.1 Å². The van der Waals surface area contributed by atoms with Crippen LogP contribution in [0.2, 0.25) is 0 Å². The van der Waals surface area contributed by atoms with Gasteiger partial charge in [-0.15, -0.1) is 24.0 Å². The van der Waals surface area contributed by atoms with Gasteiger partial charge < -0.3 is 10.6 Å². The fraction of sp³-hybridized carbons (Fsp3) is 0.750. The molecule has 0 bridgehead atoms. The summed E-state index contributed by atoms with van der Waals surface area (Å²) >= 11 is 0. The molecule has 1 saturated carbocycles. The summed E-state index contributed by atoms with van der Waals surface area (Å²) in [7, 11) is 0.343. The van der Waals surface area contributed by atoms with E-state index in [-0.39, 0.29) is 29.7 Å². The molecular formula is C16H31IN6O2S. The molecule has 1 aromatic rings. The van der Waals surface area contributed by atoms with Crippen LogP contribution >= 0.6 is 24.0 Å². The van der Waals surface area contributed by atoms with Crippen LogP contribution in [0.25, 0.3) is 0 Å². The maximum atomic E-state index is 12.0. The summed E-state index contributed by atoms with van der Waals surface area (Å²) in [5, 5.41) is 10.6. The first-order chi connectivity index (χ1) is 11.8. The van der Waals surface area contributed by atoms with Crippen LogP contribution in [0.3, 0.4) is 0 Å². The first-order valence-corrected chi connectivity index (χ1v) is 10.4. The lowest BCUT2D eigenvalue weighted by atomic mass is 9.86. The summed E-state index contributed by atoms with van der Waals surface area (Å²) in [6.45, 7) is 5.46. The Balaban J connectivity index is 0.00000338. The number of aromatic nitrogens is 2. The third-order valence-corrected chi connectivity index (χ3v) is 6.14. The quantitative estimate of drug-likeness (QED) is 0.283. The Kier molecular flexibility index (Phi) is 9.31. The van der Waals surface area contributed by atoms with Gasteiger partial charge in [-0.25, -0.2) is 13.1 Å². The predicted molar refractivity (Wildman–Crippen MR) is 115 cm³/mol. The second kappa shape index (κ2) is 10.5. The van der Waals surface area contributed by atoms with E-state index in [1.54, 1.807) is 7.05 Å². The predicted octanol–water partition coefficient (Wildman–Crippen LogP) is 1.04. The van der Waals surface area contributed by atoms with Gasteiger partial charge in [0.05, 0.1) is 11.4 Å². The van der Waals surface area contributed by atoms with Gasteiger partial charge in [-0.05, 0) is 32.6 Å². The van der Waals surface area contributed by atoms with Crippen LogP contribution in [0.1, 0.15) is 36.2 Å². The van der Waals surface area contributed by atoms with E-state index in [9.17, 15) is 8.42 Å². The lowest BCUT2D eigenvalue weighted by molar-refractivity contribution is 0.316. The molecule has 1 heterocycles. The molecule has 1 aromatic heterocycles. The molecule has 10 heteroatoms. The van der Waals surface area contributed by atoms with Gasteiger partial charge in [0.1, 0.15) is 0 Å². The third kappa shape index (κ3) is 6.69. The lowest BCUT2D eigenvalue weighted by Crippen LogP contribution is -2.41. The van der Waals surface area contributed by atoms with Crippen LogP contribution in [-0.4, -0.2) is 50.0 Å². The monoisotopic (exact) mass is 498 g/mol. The van der Waals surface area contributed by atoms with Gasteiger partial charge in [-0.1, -0.05) is 6.42 Å². The van der Waals surface area contributed by atoms with Crippen molar-refractivity contribution in [3.63, 3.8) is 0 Å². The van der Waals surface area contributed by atoms with Crippen molar-refractivity contribution in [3.8, 4) is 0 Å². The molecule has 0 aromatic carbocycles. The maximum Gasteiger partial charge on any atom is 0.213 e. The van der Waals surface area contributed by atoms with Crippen molar-refractivity contribution >= 4 is 40.0 Å². The minimum atomic E-state index is -3.24. The van der Waals surface area contributed by atoms with Gasteiger partial charge in [-0.3, -0.25) is 9.67 Å². The van der Waals surface area contributed by atoms with E-state index in [0.29, 0.717) is 31.5 Å². The standard InChI is InChI=1S/C16H30N6O2S.HI/c1-12-15(13(2)22(4)21-12)11-19-16(17-3)18-8-9-25(23,24)20-10-14-6-5-7-14;/h14,20H,5-11H2,1-4H3,(H2,17,18,19);1H. The van der Waals surface area contributed by atoms with E-state index in [2.05, 4.69) is 25.4 Å². The zero-order valence-electron chi connectivity index (χ0n) is 16.0. The van der Waals surface area contributed by atoms with Crippen LogP contribution in [0.5, 0.6) is 0 Å². The SMILES string of the molecule is CN=C(NCCS(=O)(=O)NCC1CCC1)NCc1c(C)nn(C)c1C.I. The third-order valence-electron chi connectivity index (χ3n) is 4.80. The molecule has 150 valence electrons. The number of aliphatic imine (C=N–C) groups is 1. The Labute approximate surface area is 173 Å². The Morgan fingerprint density at radius 2 is 2.00 bits per heavy atom. The van der Waals surface area contributed by atoms with Crippen LogP contribution in [-0.2, 0) is 23.6 Å². The van der Waals surface area contributed by atoms with Crippen molar-refractivity contribution in [3.05, 3.63) is 17.0 Å². The molecule has 0 aliphatic heterocycles. The summed E-state index contributed by atoms with van der Waals surface area (Å²) in [5.41, 5.74) is 3.20. The highest BCUT2D eigenvalue weighted by Crippen LogP contribution is 2.25. The Morgan fingerprint density at radius 3 is 2.50 bits per heavy atom. The smallest absolute Gasteiger partial charge is 0.213 e. The zero-order chi connectivity index (χ0) is 18.4. The number of aryl methyl sites for hydroxylation is 2. The van der Waals surface area contributed by atoms with Gasteiger partial charge in [-0.2, -0.15) is 5.10 Å². The zero-order valence-corrected chi connectivity index (χ0v) is 19.1. The molecule has 0 saturated heterocycles. The summed E-state index contributed by atoms with van der Waals surface area (Å²) < 4.78 is 28.5. The molecule has 0 unspecified atom stereocenters. The number of nitrogens with zero attached hydrogens (tertiary/aromatic N) is 3. The minimum Gasteiger partial charge on any atom is -0.355 e. The van der Waals surface area contributed by atoms with Gasteiger partial charge in [0.15, 0.2) is 5.96 Å². The van der Waals surface area contributed by atoms with Crippen molar-refractivity contribution < 1.29 is 8.42 Å². The Morgan fingerprint density at radius 1 is 1.31 bits per heavy atom. The molecule has 0 atom stereocenters. The molecule has 8 nitrogen and oxygen atoms in total. The van der Waals surface area contributed by atoms with Gasteiger partial charge >= 0.3 is 0 Å². The van der Waals surface area contributed by atoms with Crippen molar-refractivity contribution in [2.75, 3.05) is 25.9 Å². The molecule has 1 aliphatic rings. The van der Waals surface area contributed by atoms with E-state index in [0.717, 1.165) is 29.8 Å². The number of sulfonamides is 1. The molecule has 1 fully saturated rings. The van der Waals surface area contributed by atoms with Crippen LogP contribution < -0.4 is 15.4 Å². The summed E-state index contributed by atoms with van der Waals surface area (Å²) in [5.74, 6) is 1.13. The number of nitrogens with one attached hydrogen (secondary N) is 3. The number of rotatable bonds is 8. The van der Waals surface area contributed by atoms with Crippen molar-refractivity contribution in [2.24, 2.45) is 18.0 Å². The molecule has 0 amide bonds. The Hall–Kier alpha value is -0.880. The van der Waals surface area contributed by atoms with E-state index in [4.69, 9.17) is 0 Å². The maximum absolute atomic E-state index is 12.0.